The first-order valence-electron chi connectivity index (χ1n) is 6.97. The summed E-state index contributed by atoms with van der Waals surface area (Å²) in [5.41, 5.74) is 1.05. The Bertz CT molecular complexity index is 615. The summed E-state index contributed by atoms with van der Waals surface area (Å²) in [6.45, 7) is 4.33. The first-order chi connectivity index (χ1) is 9.97. The molecule has 0 spiro atoms. The Morgan fingerprint density at radius 3 is 2.38 bits per heavy atom. The van der Waals surface area contributed by atoms with Crippen molar-refractivity contribution in [2.24, 2.45) is 0 Å². The number of nitro groups is 1. The molecule has 6 heteroatoms. The molecule has 112 valence electrons. The molecule has 2 rings (SSSR count). The zero-order chi connectivity index (χ0) is 15.5. The molecule has 1 aromatic carbocycles. The van der Waals surface area contributed by atoms with E-state index in [-0.39, 0.29) is 5.69 Å². The molecule has 0 saturated heterocycles. The molecule has 1 N–H and O–H groups in total. The minimum absolute atomic E-state index is 0.0671. The Labute approximate surface area is 123 Å². The lowest BCUT2D eigenvalue weighted by molar-refractivity contribution is -0.384. The van der Waals surface area contributed by atoms with Crippen LogP contribution >= 0.6 is 0 Å². The Hall–Kier alpha value is -2.21. The summed E-state index contributed by atoms with van der Waals surface area (Å²) < 4.78 is 1.71. The van der Waals surface area contributed by atoms with E-state index in [1.165, 1.54) is 12.1 Å². The second-order valence-corrected chi connectivity index (χ2v) is 5.16. The third-order valence-corrected chi connectivity index (χ3v) is 3.82. The van der Waals surface area contributed by atoms with Gasteiger partial charge in [-0.2, -0.15) is 5.10 Å². The SMILES string of the molecule is CCC(O)(CC)Cn1cc(-c2ccc([N+](=O)[O-])cc2)cn1. The van der Waals surface area contributed by atoms with Gasteiger partial charge < -0.3 is 5.11 Å². The Morgan fingerprint density at radius 1 is 1.24 bits per heavy atom. The molecule has 0 amide bonds. The number of hydrogen-bond acceptors (Lipinski definition) is 4. The van der Waals surface area contributed by atoms with Crippen LogP contribution in [0.25, 0.3) is 11.1 Å². The van der Waals surface area contributed by atoms with Crippen LogP contribution in [0.3, 0.4) is 0 Å². The van der Waals surface area contributed by atoms with Gasteiger partial charge in [0.1, 0.15) is 0 Å². The Kier molecular flexibility index (Phi) is 4.37. The van der Waals surface area contributed by atoms with E-state index in [1.54, 1.807) is 23.0 Å². The van der Waals surface area contributed by atoms with E-state index in [0.717, 1.165) is 11.1 Å². The van der Waals surface area contributed by atoms with Crippen molar-refractivity contribution in [3.63, 3.8) is 0 Å². The molecule has 0 atom stereocenters. The van der Waals surface area contributed by atoms with Gasteiger partial charge in [-0.3, -0.25) is 14.8 Å². The van der Waals surface area contributed by atoms with Crippen LogP contribution in [0, 0.1) is 10.1 Å². The number of nitrogens with zero attached hydrogens (tertiary/aromatic N) is 3. The average Bonchev–Trinajstić information content (AvgIpc) is 2.95. The van der Waals surface area contributed by atoms with Crippen LogP contribution < -0.4 is 0 Å². The maximum atomic E-state index is 10.6. The van der Waals surface area contributed by atoms with Gasteiger partial charge in [0.25, 0.3) is 5.69 Å². The molecule has 1 heterocycles. The smallest absolute Gasteiger partial charge is 0.269 e. The van der Waals surface area contributed by atoms with Crippen LogP contribution in [0.4, 0.5) is 5.69 Å². The second kappa shape index (κ2) is 6.05. The van der Waals surface area contributed by atoms with Crippen molar-refractivity contribution in [3.05, 3.63) is 46.8 Å². The molecule has 0 fully saturated rings. The van der Waals surface area contributed by atoms with Crippen molar-refractivity contribution in [1.29, 1.82) is 0 Å². The van der Waals surface area contributed by atoms with E-state index in [4.69, 9.17) is 0 Å². The zero-order valence-electron chi connectivity index (χ0n) is 12.2. The van der Waals surface area contributed by atoms with Crippen molar-refractivity contribution in [3.8, 4) is 11.1 Å². The van der Waals surface area contributed by atoms with Crippen LogP contribution in [-0.2, 0) is 6.54 Å². The quantitative estimate of drug-likeness (QED) is 0.654. The second-order valence-electron chi connectivity index (χ2n) is 5.16. The lowest BCUT2D eigenvalue weighted by atomic mass is 9.98. The van der Waals surface area contributed by atoms with Crippen LogP contribution in [0.15, 0.2) is 36.7 Å². The highest BCUT2D eigenvalue weighted by Crippen LogP contribution is 2.23. The van der Waals surface area contributed by atoms with Crippen LogP contribution in [0.1, 0.15) is 26.7 Å². The zero-order valence-corrected chi connectivity index (χ0v) is 12.2. The van der Waals surface area contributed by atoms with Crippen LogP contribution in [0.2, 0.25) is 0 Å². The standard InChI is InChI=1S/C15H19N3O3/c1-3-15(19,4-2)11-17-10-13(9-16-17)12-5-7-14(8-6-12)18(20)21/h5-10,19H,3-4,11H2,1-2H3. The average molecular weight is 289 g/mol. The van der Waals surface area contributed by atoms with Crippen molar-refractivity contribution in [2.75, 3.05) is 0 Å². The summed E-state index contributed by atoms with van der Waals surface area (Å²) in [5.74, 6) is 0. The van der Waals surface area contributed by atoms with Gasteiger partial charge >= 0.3 is 0 Å². The fourth-order valence-corrected chi connectivity index (χ4v) is 2.15. The summed E-state index contributed by atoms with van der Waals surface area (Å²) >= 11 is 0. The lowest BCUT2D eigenvalue weighted by Crippen LogP contribution is -2.32. The molecular formula is C15H19N3O3. The monoisotopic (exact) mass is 289 g/mol. The maximum absolute atomic E-state index is 10.6. The maximum Gasteiger partial charge on any atom is 0.269 e. The molecule has 0 aliphatic carbocycles. The number of aromatic nitrogens is 2. The van der Waals surface area contributed by atoms with Gasteiger partial charge in [0.05, 0.1) is 23.3 Å². The normalized spacial score (nSPS) is 11.6. The lowest BCUT2D eigenvalue weighted by Gasteiger charge is -2.24. The van der Waals surface area contributed by atoms with E-state index in [1.807, 2.05) is 20.0 Å². The molecule has 1 aromatic heterocycles. The molecule has 6 nitrogen and oxygen atoms in total. The van der Waals surface area contributed by atoms with Gasteiger partial charge in [-0.15, -0.1) is 0 Å². The minimum Gasteiger partial charge on any atom is -0.388 e. The summed E-state index contributed by atoms with van der Waals surface area (Å²) in [5, 5.41) is 25.2. The van der Waals surface area contributed by atoms with E-state index in [0.29, 0.717) is 19.4 Å². The molecule has 0 unspecified atom stereocenters. The largest absolute Gasteiger partial charge is 0.388 e. The molecule has 0 saturated carbocycles. The van der Waals surface area contributed by atoms with E-state index in [2.05, 4.69) is 5.10 Å². The first kappa shape index (κ1) is 15.2. The fraction of sp³-hybridized carbons (Fsp3) is 0.400. The number of nitro benzene ring substituents is 1. The highest BCUT2D eigenvalue weighted by atomic mass is 16.6. The fourth-order valence-electron chi connectivity index (χ4n) is 2.15. The van der Waals surface area contributed by atoms with Crippen molar-refractivity contribution < 1.29 is 10.0 Å². The van der Waals surface area contributed by atoms with Gasteiger partial charge in [0.2, 0.25) is 0 Å². The van der Waals surface area contributed by atoms with E-state index in [9.17, 15) is 15.2 Å². The highest BCUT2D eigenvalue weighted by Gasteiger charge is 2.23. The third kappa shape index (κ3) is 3.46. The molecule has 0 aliphatic rings. The molecule has 0 bridgehead atoms. The van der Waals surface area contributed by atoms with E-state index >= 15 is 0 Å². The highest BCUT2D eigenvalue weighted by molar-refractivity contribution is 5.63. The number of non-ortho nitro benzene ring substituents is 1. The van der Waals surface area contributed by atoms with Gasteiger partial charge in [0.15, 0.2) is 0 Å². The van der Waals surface area contributed by atoms with Crippen LogP contribution in [-0.4, -0.2) is 25.4 Å². The third-order valence-electron chi connectivity index (χ3n) is 3.82. The van der Waals surface area contributed by atoms with Gasteiger partial charge in [-0.1, -0.05) is 13.8 Å². The molecule has 0 radical (unpaired) electrons. The topological polar surface area (TPSA) is 81.2 Å². The Morgan fingerprint density at radius 2 is 1.86 bits per heavy atom. The predicted molar refractivity (Wildman–Crippen MR) is 79.8 cm³/mol. The first-order valence-corrected chi connectivity index (χ1v) is 6.97. The van der Waals surface area contributed by atoms with Gasteiger partial charge in [-0.25, -0.2) is 0 Å². The van der Waals surface area contributed by atoms with Crippen molar-refractivity contribution >= 4 is 5.69 Å². The summed E-state index contributed by atoms with van der Waals surface area (Å²) in [6, 6.07) is 6.35. The van der Waals surface area contributed by atoms with E-state index < -0.39 is 10.5 Å². The number of benzene rings is 1. The number of aliphatic hydroxyl groups is 1. The molecule has 21 heavy (non-hydrogen) atoms. The minimum atomic E-state index is -0.751. The summed E-state index contributed by atoms with van der Waals surface area (Å²) in [4.78, 5) is 10.2. The van der Waals surface area contributed by atoms with Crippen molar-refractivity contribution in [1.82, 2.24) is 9.78 Å². The Balaban J connectivity index is 2.18. The summed E-state index contributed by atoms with van der Waals surface area (Å²) in [7, 11) is 0. The van der Waals surface area contributed by atoms with Crippen molar-refractivity contribution in [2.45, 2.75) is 38.8 Å². The number of rotatable bonds is 6. The predicted octanol–water partition coefficient (Wildman–Crippen LogP) is 3.01. The van der Waals surface area contributed by atoms with Gasteiger partial charge in [-0.05, 0) is 30.5 Å². The molecule has 2 aromatic rings. The summed E-state index contributed by atoms with van der Waals surface area (Å²) in [6.07, 6.45) is 4.87. The number of hydrogen-bond donors (Lipinski definition) is 1. The molecule has 0 aliphatic heterocycles. The van der Waals surface area contributed by atoms with Gasteiger partial charge in [0, 0.05) is 23.9 Å². The van der Waals surface area contributed by atoms with Crippen LogP contribution in [0.5, 0.6) is 0 Å². The molecular weight excluding hydrogens is 270 g/mol.